The molecular formula is C12H17NO. The zero-order valence-corrected chi connectivity index (χ0v) is 9.00. The molecule has 0 aliphatic rings. The summed E-state index contributed by atoms with van der Waals surface area (Å²) in [4.78, 5) is 11.4. The quantitative estimate of drug-likeness (QED) is 0.786. The van der Waals surface area contributed by atoms with Gasteiger partial charge in [-0.3, -0.25) is 4.79 Å². The Morgan fingerprint density at radius 3 is 2.36 bits per heavy atom. The lowest BCUT2D eigenvalue weighted by Gasteiger charge is -2.26. The fraction of sp³-hybridized carbons (Fsp3) is 0.417. The number of Topliss-reactive ketones (excluding diaryl/α,β-unsaturated/α-hetero) is 1. The molecule has 1 rings (SSSR count). The van der Waals surface area contributed by atoms with Crippen molar-refractivity contribution in [3.63, 3.8) is 0 Å². The molecule has 1 N–H and O–H groups in total. The van der Waals surface area contributed by atoms with Gasteiger partial charge in [-0.2, -0.15) is 0 Å². The lowest BCUT2D eigenvalue weighted by atomic mass is 9.89. The van der Waals surface area contributed by atoms with Gasteiger partial charge < -0.3 is 5.32 Å². The van der Waals surface area contributed by atoms with E-state index in [0.717, 1.165) is 6.42 Å². The minimum absolute atomic E-state index is 0.170. The molecule has 0 saturated carbocycles. The number of ketones is 1. The smallest absolute Gasteiger partial charge is 0.149 e. The zero-order chi connectivity index (χ0) is 10.6. The van der Waals surface area contributed by atoms with Crippen LogP contribution in [0.3, 0.4) is 0 Å². The maximum Gasteiger partial charge on any atom is 0.149 e. The number of rotatable bonds is 4. The van der Waals surface area contributed by atoms with Crippen molar-refractivity contribution >= 4 is 5.78 Å². The summed E-state index contributed by atoms with van der Waals surface area (Å²) in [7, 11) is 1.82. The van der Waals surface area contributed by atoms with Crippen LogP contribution in [-0.4, -0.2) is 18.4 Å². The van der Waals surface area contributed by atoms with Gasteiger partial charge in [0.25, 0.3) is 0 Å². The van der Waals surface area contributed by atoms with Crippen LogP contribution in [0.2, 0.25) is 0 Å². The Bertz CT molecular complexity index is 307. The van der Waals surface area contributed by atoms with E-state index < -0.39 is 5.54 Å². The van der Waals surface area contributed by atoms with Gasteiger partial charge in [-0.05, 0) is 32.9 Å². The third-order valence-electron chi connectivity index (χ3n) is 2.73. The predicted octanol–water partition coefficient (Wildman–Crippen LogP) is 1.80. The summed E-state index contributed by atoms with van der Waals surface area (Å²) in [5.74, 6) is 0.170. The highest BCUT2D eigenvalue weighted by Gasteiger charge is 2.27. The third kappa shape index (κ3) is 2.42. The predicted molar refractivity (Wildman–Crippen MR) is 58.3 cm³/mol. The average molecular weight is 191 g/mol. The Kier molecular flexibility index (Phi) is 3.42. The Balaban J connectivity index is 2.81. The molecule has 1 unspecified atom stereocenters. The maximum atomic E-state index is 11.4. The molecule has 0 spiro atoms. The first-order valence-corrected chi connectivity index (χ1v) is 4.82. The third-order valence-corrected chi connectivity index (χ3v) is 2.73. The molecule has 0 amide bonds. The first-order chi connectivity index (χ1) is 6.58. The highest BCUT2D eigenvalue weighted by molar-refractivity contribution is 5.85. The van der Waals surface area contributed by atoms with Crippen molar-refractivity contribution in [3.05, 3.63) is 35.9 Å². The van der Waals surface area contributed by atoms with E-state index in [0.29, 0.717) is 0 Å². The van der Waals surface area contributed by atoms with Crippen molar-refractivity contribution in [3.8, 4) is 0 Å². The van der Waals surface area contributed by atoms with E-state index in [2.05, 4.69) is 5.32 Å². The van der Waals surface area contributed by atoms with E-state index in [4.69, 9.17) is 0 Å². The summed E-state index contributed by atoms with van der Waals surface area (Å²) in [6.07, 6.45) is 0.736. The molecule has 2 heteroatoms. The first kappa shape index (κ1) is 10.9. The first-order valence-electron chi connectivity index (χ1n) is 4.82. The maximum absolute atomic E-state index is 11.4. The van der Waals surface area contributed by atoms with Gasteiger partial charge in [0.05, 0.1) is 5.54 Å². The number of hydrogen-bond donors (Lipinski definition) is 1. The summed E-state index contributed by atoms with van der Waals surface area (Å²) in [5, 5.41) is 3.08. The van der Waals surface area contributed by atoms with Gasteiger partial charge >= 0.3 is 0 Å². The van der Waals surface area contributed by atoms with E-state index in [1.54, 1.807) is 6.92 Å². The summed E-state index contributed by atoms with van der Waals surface area (Å²) >= 11 is 0. The van der Waals surface area contributed by atoms with Crippen molar-refractivity contribution in [2.75, 3.05) is 7.05 Å². The van der Waals surface area contributed by atoms with Crippen LogP contribution in [-0.2, 0) is 11.2 Å². The average Bonchev–Trinajstić information content (AvgIpc) is 2.19. The fourth-order valence-corrected chi connectivity index (χ4v) is 1.39. The van der Waals surface area contributed by atoms with Gasteiger partial charge in [-0.25, -0.2) is 0 Å². The van der Waals surface area contributed by atoms with Crippen molar-refractivity contribution < 1.29 is 4.79 Å². The van der Waals surface area contributed by atoms with E-state index >= 15 is 0 Å². The van der Waals surface area contributed by atoms with Gasteiger partial charge in [0.15, 0.2) is 0 Å². The van der Waals surface area contributed by atoms with Crippen LogP contribution in [0.1, 0.15) is 19.4 Å². The van der Waals surface area contributed by atoms with Crippen LogP contribution in [0.4, 0.5) is 0 Å². The van der Waals surface area contributed by atoms with E-state index in [1.807, 2.05) is 44.3 Å². The van der Waals surface area contributed by atoms with Gasteiger partial charge in [0.2, 0.25) is 0 Å². The molecule has 0 fully saturated rings. The molecule has 1 atom stereocenters. The number of carbonyl (C=O) groups excluding carboxylic acids is 1. The highest BCUT2D eigenvalue weighted by atomic mass is 16.1. The van der Waals surface area contributed by atoms with Crippen molar-refractivity contribution in [1.82, 2.24) is 5.32 Å². The molecule has 0 aliphatic carbocycles. The van der Waals surface area contributed by atoms with Crippen molar-refractivity contribution in [2.45, 2.75) is 25.8 Å². The molecule has 76 valence electrons. The molecule has 0 saturated heterocycles. The van der Waals surface area contributed by atoms with Crippen LogP contribution in [0.15, 0.2) is 30.3 Å². The van der Waals surface area contributed by atoms with Gasteiger partial charge in [-0.15, -0.1) is 0 Å². The molecule has 14 heavy (non-hydrogen) atoms. The number of benzene rings is 1. The number of nitrogens with one attached hydrogen (secondary N) is 1. The molecule has 0 aromatic heterocycles. The Morgan fingerprint density at radius 1 is 1.36 bits per heavy atom. The number of hydrogen-bond acceptors (Lipinski definition) is 2. The Hall–Kier alpha value is -1.15. The summed E-state index contributed by atoms with van der Waals surface area (Å²) in [6, 6.07) is 10.0. The second-order valence-corrected chi connectivity index (χ2v) is 3.80. The molecule has 0 bridgehead atoms. The van der Waals surface area contributed by atoms with Gasteiger partial charge in [0, 0.05) is 0 Å². The molecule has 0 radical (unpaired) electrons. The van der Waals surface area contributed by atoms with Crippen LogP contribution < -0.4 is 5.32 Å². The lowest BCUT2D eigenvalue weighted by Crippen LogP contribution is -2.48. The van der Waals surface area contributed by atoms with Gasteiger partial charge in [-0.1, -0.05) is 30.3 Å². The lowest BCUT2D eigenvalue weighted by molar-refractivity contribution is -0.122. The zero-order valence-electron chi connectivity index (χ0n) is 9.00. The summed E-state index contributed by atoms with van der Waals surface area (Å²) in [6.45, 7) is 3.56. The molecule has 0 aliphatic heterocycles. The van der Waals surface area contributed by atoms with Crippen molar-refractivity contribution in [1.29, 1.82) is 0 Å². The van der Waals surface area contributed by atoms with E-state index in [-0.39, 0.29) is 5.78 Å². The van der Waals surface area contributed by atoms with Crippen LogP contribution in [0, 0.1) is 0 Å². The fourth-order valence-electron chi connectivity index (χ4n) is 1.39. The second kappa shape index (κ2) is 4.38. The molecule has 0 heterocycles. The largest absolute Gasteiger partial charge is 0.308 e. The summed E-state index contributed by atoms with van der Waals surface area (Å²) in [5.41, 5.74) is 0.737. The summed E-state index contributed by atoms with van der Waals surface area (Å²) < 4.78 is 0. The standard InChI is InChI=1S/C12H17NO/c1-10(14)12(2,13-3)9-11-7-5-4-6-8-11/h4-8,13H,9H2,1-3H3. The Morgan fingerprint density at radius 2 is 1.93 bits per heavy atom. The SMILES string of the molecule is CNC(C)(Cc1ccccc1)C(C)=O. The number of carbonyl (C=O) groups is 1. The van der Waals surface area contributed by atoms with E-state index in [9.17, 15) is 4.79 Å². The van der Waals surface area contributed by atoms with Crippen LogP contribution in [0.25, 0.3) is 0 Å². The molecular weight excluding hydrogens is 174 g/mol. The Labute approximate surface area is 85.3 Å². The minimum Gasteiger partial charge on any atom is -0.308 e. The van der Waals surface area contributed by atoms with Crippen LogP contribution >= 0.6 is 0 Å². The molecule has 1 aromatic rings. The number of likely N-dealkylation sites (N-methyl/N-ethyl adjacent to an activating group) is 1. The van der Waals surface area contributed by atoms with Crippen LogP contribution in [0.5, 0.6) is 0 Å². The highest BCUT2D eigenvalue weighted by Crippen LogP contribution is 2.13. The van der Waals surface area contributed by atoms with Gasteiger partial charge in [0.1, 0.15) is 5.78 Å². The monoisotopic (exact) mass is 191 g/mol. The van der Waals surface area contributed by atoms with Crippen molar-refractivity contribution in [2.24, 2.45) is 0 Å². The topological polar surface area (TPSA) is 29.1 Å². The second-order valence-electron chi connectivity index (χ2n) is 3.80. The minimum atomic E-state index is -0.443. The normalized spacial score (nSPS) is 14.8. The van der Waals surface area contributed by atoms with E-state index in [1.165, 1.54) is 5.56 Å². The molecule has 1 aromatic carbocycles. The molecule has 2 nitrogen and oxygen atoms in total.